The first-order valence-corrected chi connectivity index (χ1v) is 8.03. The number of methoxy groups -OCH3 is 1. The number of aliphatic hydroxyl groups is 1. The lowest BCUT2D eigenvalue weighted by atomic mass is 9.93. The second-order valence-corrected chi connectivity index (χ2v) is 6.15. The highest BCUT2D eigenvalue weighted by Crippen LogP contribution is 2.35. The van der Waals surface area contributed by atoms with E-state index in [0.717, 1.165) is 40.8 Å². The van der Waals surface area contributed by atoms with Crippen molar-refractivity contribution in [3.63, 3.8) is 0 Å². The lowest BCUT2D eigenvalue weighted by Crippen LogP contribution is -2.03. The molecular formula is C19H24O2. The van der Waals surface area contributed by atoms with E-state index in [1.807, 2.05) is 24.3 Å². The van der Waals surface area contributed by atoms with Gasteiger partial charge in [-0.25, -0.2) is 0 Å². The molecular weight excluding hydrogens is 260 g/mol. The van der Waals surface area contributed by atoms with E-state index < -0.39 is 0 Å². The zero-order chi connectivity index (χ0) is 14.7. The minimum absolute atomic E-state index is 0.374. The summed E-state index contributed by atoms with van der Waals surface area (Å²) in [7, 11) is 1.69. The van der Waals surface area contributed by atoms with Crippen molar-refractivity contribution >= 4 is 10.8 Å². The summed E-state index contributed by atoms with van der Waals surface area (Å²) in [6.07, 6.45) is 7.05. The van der Waals surface area contributed by atoms with Gasteiger partial charge in [-0.2, -0.15) is 0 Å². The van der Waals surface area contributed by atoms with Gasteiger partial charge in [0.05, 0.1) is 13.2 Å². The van der Waals surface area contributed by atoms with Crippen molar-refractivity contribution in [2.45, 2.75) is 44.6 Å². The fourth-order valence-electron chi connectivity index (χ4n) is 3.61. The maximum absolute atomic E-state index is 10.6. The summed E-state index contributed by atoms with van der Waals surface area (Å²) in [6.45, 7) is 0. The smallest absolute Gasteiger partial charge is 0.126 e. The standard InChI is InChI=1S/C19H24O2/c1-21-19-13-11-16(15-8-4-5-9-17(15)19)18(20)12-10-14-6-2-3-7-14/h4-5,8-9,11,13-14,18,20H,2-3,6-7,10,12H2,1H3. The summed E-state index contributed by atoms with van der Waals surface area (Å²) < 4.78 is 5.42. The highest BCUT2D eigenvalue weighted by Gasteiger charge is 2.18. The average molecular weight is 284 g/mol. The van der Waals surface area contributed by atoms with Gasteiger partial charge in [0.25, 0.3) is 0 Å². The van der Waals surface area contributed by atoms with E-state index in [9.17, 15) is 5.11 Å². The van der Waals surface area contributed by atoms with Crippen molar-refractivity contribution in [3.05, 3.63) is 42.0 Å². The minimum atomic E-state index is -0.374. The number of fused-ring (bicyclic) bond motifs is 1. The lowest BCUT2D eigenvalue weighted by molar-refractivity contribution is 0.158. The van der Waals surface area contributed by atoms with Crippen LogP contribution in [-0.4, -0.2) is 12.2 Å². The molecule has 1 atom stereocenters. The molecule has 1 saturated carbocycles. The highest BCUT2D eigenvalue weighted by atomic mass is 16.5. The SMILES string of the molecule is COc1ccc(C(O)CCC2CCCC2)c2ccccc12. The maximum atomic E-state index is 10.6. The zero-order valence-corrected chi connectivity index (χ0v) is 12.7. The van der Waals surface area contributed by atoms with E-state index in [1.165, 1.54) is 25.7 Å². The van der Waals surface area contributed by atoms with Crippen LogP contribution in [0.25, 0.3) is 10.8 Å². The number of aliphatic hydroxyl groups excluding tert-OH is 1. The number of rotatable bonds is 5. The Kier molecular flexibility index (Phi) is 4.45. The summed E-state index contributed by atoms with van der Waals surface area (Å²) in [5.41, 5.74) is 1.03. The molecule has 1 fully saturated rings. The third-order valence-corrected chi connectivity index (χ3v) is 4.82. The van der Waals surface area contributed by atoms with E-state index in [4.69, 9.17) is 4.74 Å². The molecule has 1 aliphatic rings. The Labute approximate surface area is 126 Å². The van der Waals surface area contributed by atoms with Crippen LogP contribution in [-0.2, 0) is 0 Å². The second kappa shape index (κ2) is 6.48. The third-order valence-electron chi connectivity index (χ3n) is 4.82. The van der Waals surface area contributed by atoms with Crippen molar-refractivity contribution in [3.8, 4) is 5.75 Å². The predicted octanol–water partition coefficient (Wildman–Crippen LogP) is 4.85. The first-order valence-electron chi connectivity index (χ1n) is 8.03. The minimum Gasteiger partial charge on any atom is -0.496 e. The van der Waals surface area contributed by atoms with E-state index in [1.54, 1.807) is 7.11 Å². The molecule has 2 aromatic rings. The normalized spacial score (nSPS) is 17.2. The van der Waals surface area contributed by atoms with Crippen LogP contribution in [0.4, 0.5) is 0 Å². The van der Waals surface area contributed by atoms with Crippen LogP contribution < -0.4 is 4.74 Å². The van der Waals surface area contributed by atoms with Crippen LogP contribution in [0.5, 0.6) is 5.75 Å². The van der Waals surface area contributed by atoms with Gasteiger partial charge in [-0.05, 0) is 35.8 Å². The number of hydrogen-bond acceptors (Lipinski definition) is 2. The summed E-state index contributed by atoms with van der Waals surface area (Å²) >= 11 is 0. The Morgan fingerprint density at radius 1 is 1.10 bits per heavy atom. The molecule has 0 aromatic heterocycles. The van der Waals surface area contributed by atoms with Crippen LogP contribution in [0.15, 0.2) is 36.4 Å². The van der Waals surface area contributed by atoms with Gasteiger partial charge in [0.2, 0.25) is 0 Å². The van der Waals surface area contributed by atoms with E-state index >= 15 is 0 Å². The van der Waals surface area contributed by atoms with Crippen molar-refractivity contribution in [1.29, 1.82) is 0 Å². The van der Waals surface area contributed by atoms with Gasteiger partial charge < -0.3 is 9.84 Å². The Morgan fingerprint density at radius 2 is 1.81 bits per heavy atom. The summed E-state index contributed by atoms with van der Waals surface area (Å²) in [4.78, 5) is 0. The maximum Gasteiger partial charge on any atom is 0.126 e. The molecule has 0 bridgehead atoms. The fraction of sp³-hybridized carbons (Fsp3) is 0.474. The average Bonchev–Trinajstić information content (AvgIpc) is 3.05. The van der Waals surface area contributed by atoms with Crippen molar-refractivity contribution in [2.24, 2.45) is 5.92 Å². The van der Waals surface area contributed by atoms with Gasteiger partial charge in [0.1, 0.15) is 5.75 Å². The predicted molar refractivity (Wildman–Crippen MR) is 86.7 cm³/mol. The molecule has 0 saturated heterocycles. The van der Waals surface area contributed by atoms with Crippen LogP contribution in [0, 0.1) is 5.92 Å². The van der Waals surface area contributed by atoms with Crippen LogP contribution >= 0.6 is 0 Å². The largest absolute Gasteiger partial charge is 0.496 e. The van der Waals surface area contributed by atoms with Gasteiger partial charge in [0.15, 0.2) is 0 Å². The van der Waals surface area contributed by atoms with Crippen LogP contribution in [0.3, 0.4) is 0 Å². The molecule has 0 amide bonds. The van der Waals surface area contributed by atoms with Crippen LogP contribution in [0.1, 0.15) is 50.2 Å². The van der Waals surface area contributed by atoms with E-state index in [-0.39, 0.29) is 6.10 Å². The van der Waals surface area contributed by atoms with Crippen LogP contribution in [0.2, 0.25) is 0 Å². The molecule has 0 aliphatic heterocycles. The highest BCUT2D eigenvalue weighted by molar-refractivity contribution is 5.91. The Bertz CT molecular complexity index is 600. The molecule has 21 heavy (non-hydrogen) atoms. The Hall–Kier alpha value is -1.54. The molecule has 0 heterocycles. The van der Waals surface area contributed by atoms with Gasteiger partial charge in [0, 0.05) is 5.39 Å². The van der Waals surface area contributed by atoms with Crippen molar-refractivity contribution < 1.29 is 9.84 Å². The third kappa shape index (κ3) is 3.06. The number of benzene rings is 2. The molecule has 1 N–H and O–H groups in total. The van der Waals surface area contributed by atoms with Gasteiger partial charge in [-0.15, -0.1) is 0 Å². The fourth-order valence-corrected chi connectivity index (χ4v) is 3.61. The van der Waals surface area contributed by atoms with Gasteiger partial charge in [-0.3, -0.25) is 0 Å². The molecule has 0 spiro atoms. The van der Waals surface area contributed by atoms with Gasteiger partial charge >= 0.3 is 0 Å². The molecule has 112 valence electrons. The molecule has 2 aromatic carbocycles. The second-order valence-electron chi connectivity index (χ2n) is 6.15. The first-order chi connectivity index (χ1) is 10.3. The Morgan fingerprint density at radius 3 is 2.52 bits per heavy atom. The molecule has 3 rings (SSSR count). The number of hydrogen-bond donors (Lipinski definition) is 1. The monoisotopic (exact) mass is 284 g/mol. The first kappa shape index (κ1) is 14.4. The number of ether oxygens (including phenoxy) is 1. The molecule has 2 nitrogen and oxygen atoms in total. The molecule has 0 radical (unpaired) electrons. The Balaban J connectivity index is 1.82. The lowest BCUT2D eigenvalue weighted by Gasteiger charge is -2.17. The zero-order valence-electron chi connectivity index (χ0n) is 12.7. The van der Waals surface area contributed by atoms with E-state index in [2.05, 4.69) is 12.1 Å². The molecule has 2 heteroatoms. The van der Waals surface area contributed by atoms with Crippen molar-refractivity contribution in [2.75, 3.05) is 7.11 Å². The van der Waals surface area contributed by atoms with Crippen molar-refractivity contribution in [1.82, 2.24) is 0 Å². The van der Waals surface area contributed by atoms with Gasteiger partial charge in [-0.1, -0.05) is 56.0 Å². The quantitative estimate of drug-likeness (QED) is 0.850. The summed E-state index contributed by atoms with van der Waals surface area (Å²) in [5, 5.41) is 12.8. The molecule has 1 unspecified atom stereocenters. The molecule has 1 aliphatic carbocycles. The topological polar surface area (TPSA) is 29.5 Å². The summed E-state index contributed by atoms with van der Waals surface area (Å²) in [6, 6.07) is 12.2. The van der Waals surface area contributed by atoms with E-state index in [0.29, 0.717) is 0 Å². The summed E-state index contributed by atoms with van der Waals surface area (Å²) in [5.74, 6) is 1.70.